The molecule has 0 heterocycles. The van der Waals surface area contributed by atoms with E-state index in [1.165, 1.54) is 0 Å². The van der Waals surface area contributed by atoms with Crippen molar-refractivity contribution in [3.05, 3.63) is 0 Å². The Morgan fingerprint density at radius 3 is 1.74 bits per heavy atom. The normalized spacial score (nSPS) is 15.7. The largest absolute Gasteiger partial charge is 0.391 e. The molecule has 0 spiro atoms. The fourth-order valence-corrected chi connectivity index (χ4v) is 2.46. The summed E-state index contributed by atoms with van der Waals surface area (Å²) in [5.74, 6) is 0. The van der Waals surface area contributed by atoms with Crippen LogP contribution in [0.1, 0.15) is 13.8 Å². The monoisotopic (exact) mass is 300 g/mol. The summed E-state index contributed by atoms with van der Waals surface area (Å²) in [6.45, 7) is 4.47. The Morgan fingerprint density at radius 1 is 1.00 bits per heavy atom. The molecule has 19 heavy (non-hydrogen) atoms. The Balaban J connectivity index is 4.52. The van der Waals surface area contributed by atoms with Gasteiger partial charge in [0.1, 0.15) is 32.8 Å². The minimum atomic E-state index is -3.60. The predicted octanol–water partition coefficient (Wildman–Crippen LogP) is -0.609. The topological polar surface area (TPSA) is 107 Å². The molecule has 1 atom stereocenters. The summed E-state index contributed by atoms with van der Waals surface area (Å²) < 4.78 is 17.0. The standard InChI is InChI=1S/C11H26NO6P/c1-11(2)19(16,17)18-10-6-12(3-7-13,4-8-14)5-9-15/h11,13-15H,3-10H2,1-2H3/p+1. The molecule has 0 bridgehead atoms. The molecule has 0 aromatic heterocycles. The highest BCUT2D eigenvalue weighted by Gasteiger charge is 2.29. The van der Waals surface area contributed by atoms with Gasteiger partial charge < -0.3 is 29.2 Å². The molecule has 0 aliphatic heterocycles. The van der Waals surface area contributed by atoms with Crippen molar-refractivity contribution in [3.63, 3.8) is 0 Å². The molecule has 1 unspecified atom stereocenters. The van der Waals surface area contributed by atoms with Crippen molar-refractivity contribution in [2.75, 3.05) is 52.6 Å². The third-order valence-corrected chi connectivity index (χ3v) is 5.08. The van der Waals surface area contributed by atoms with Crippen LogP contribution in [0, 0.1) is 0 Å². The Kier molecular flexibility index (Phi) is 9.02. The number of aliphatic hydroxyl groups is 3. The lowest BCUT2D eigenvalue weighted by molar-refractivity contribution is -0.929. The third kappa shape index (κ3) is 6.81. The Hall–Kier alpha value is -0.0100. The molecule has 0 radical (unpaired) electrons. The van der Waals surface area contributed by atoms with E-state index in [0.717, 1.165) is 0 Å². The van der Waals surface area contributed by atoms with Crippen LogP contribution in [0.25, 0.3) is 0 Å². The van der Waals surface area contributed by atoms with Gasteiger partial charge in [-0.2, -0.15) is 0 Å². The van der Waals surface area contributed by atoms with E-state index in [1.54, 1.807) is 13.8 Å². The van der Waals surface area contributed by atoms with E-state index in [9.17, 15) is 9.46 Å². The van der Waals surface area contributed by atoms with Crippen LogP contribution in [0.2, 0.25) is 0 Å². The van der Waals surface area contributed by atoms with Gasteiger partial charge in [0.2, 0.25) is 0 Å². The van der Waals surface area contributed by atoms with Gasteiger partial charge in [-0.05, 0) is 0 Å². The highest BCUT2D eigenvalue weighted by atomic mass is 31.2. The summed E-state index contributed by atoms with van der Waals surface area (Å²) >= 11 is 0. The number of hydrogen-bond acceptors (Lipinski definition) is 5. The van der Waals surface area contributed by atoms with Gasteiger partial charge in [-0.1, -0.05) is 13.8 Å². The number of hydrogen-bond donors (Lipinski definition) is 4. The lowest BCUT2D eigenvalue weighted by atomic mass is 10.3. The SMILES string of the molecule is CC(C)P(=O)(O)OCC[N+](CCO)(CCO)CCO. The van der Waals surface area contributed by atoms with E-state index in [4.69, 9.17) is 19.8 Å². The average Bonchev–Trinajstić information content (AvgIpc) is 2.29. The lowest BCUT2D eigenvalue weighted by Gasteiger charge is -2.37. The highest BCUT2D eigenvalue weighted by Crippen LogP contribution is 2.46. The van der Waals surface area contributed by atoms with Gasteiger partial charge in [0.15, 0.2) is 0 Å². The zero-order chi connectivity index (χ0) is 14.9. The molecule has 116 valence electrons. The van der Waals surface area contributed by atoms with Crippen LogP contribution in [0.3, 0.4) is 0 Å². The molecule has 0 rings (SSSR count). The quantitative estimate of drug-likeness (QED) is 0.299. The molecule has 0 amide bonds. The second-order valence-electron chi connectivity index (χ2n) is 4.90. The van der Waals surface area contributed by atoms with Crippen molar-refractivity contribution in [1.29, 1.82) is 0 Å². The van der Waals surface area contributed by atoms with Gasteiger partial charge in [-0.25, -0.2) is 0 Å². The number of quaternary nitrogens is 1. The smallest absolute Gasteiger partial charge is 0.330 e. The van der Waals surface area contributed by atoms with Crippen LogP contribution in [0.5, 0.6) is 0 Å². The summed E-state index contributed by atoms with van der Waals surface area (Å²) in [6.07, 6.45) is 0. The van der Waals surface area contributed by atoms with E-state index >= 15 is 0 Å². The molecule has 0 aliphatic rings. The summed E-state index contributed by atoms with van der Waals surface area (Å²) in [6, 6.07) is 0. The number of nitrogens with zero attached hydrogens (tertiary/aromatic N) is 1. The Labute approximate surface area is 114 Å². The van der Waals surface area contributed by atoms with E-state index in [2.05, 4.69) is 0 Å². The molecule has 0 saturated carbocycles. The maximum atomic E-state index is 11.7. The molecule has 8 heteroatoms. The molecular formula is C11H27NO6P+. The molecule has 7 nitrogen and oxygen atoms in total. The molecule has 4 N–H and O–H groups in total. The first-order chi connectivity index (χ1) is 8.83. The van der Waals surface area contributed by atoms with Crippen molar-refractivity contribution in [2.45, 2.75) is 19.5 Å². The van der Waals surface area contributed by atoms with Crippen LogP contribution < -0.4 is 0 Å². The fraction of sp³-hybridized carbons (Fsp3) is 1.00. The summed E-state index contributed by atoms with van der Waals surface area (Å²) in [4.78, 5) is 9.56. The van der Waals surface area contributed by atoms with Crippen LogP contribution in [0.4, 0.5) is 0 Å². The zero-order valence-corrected chi connectivity index (χ0v) is 12.6. The first kappa shape index (κ1) is 19.0. The number of aliphatic hydroxyl groups excluding tert-OH is 3. The zero-order valence-electron chi connectivity index (χ0n) is 11.7. The lowest BCUT2D eigenvalue weighted by Crippen LogP contribution is -2.54. The minimum Gasteiger partial charge on any atom is -0.391 e. The van der Waals surface area contributed by atoms with Gasteiger partial charge >= 0.3 is 7.60 Å². The predicted molar refractivity (Wildman–Crippen MR) is 71.9 cm³/mol. The van der Waals surface area contributed by atoms with E-state index in [-0.39, 0.29) is 30.9 Å². The fourth-order valence-electron chi connectivity index (χ4n) is 1.82. The van der Waals surface area contributed by atoms with Crippen molar-refractivity contribution in [1.82, 2.24) is 0 Å². The van der Waals surface area contributed by atoms with Crippen molar-refractivity contribution in [2.24, 2.45) is 0 Å². The van der Waals surface area contributed by atoms with Crippen molar-refractivity contribution < 1.29 is 33.8 Å². The maximum absolute atomic E-state index is 11.7. The Morgan fingerprint density at radius 2 is 1.42 bits per heavy atom. The van der Waals surface area contributed by atoms with Crippen molar-refractivity contribution >= 4 is 7.60 Å². The third-order valence-electron chi connectivity index (χ3n) is 3.22. The molecule has 0 fully saturated rings. The Bertz CT molecular complexity index is 269. The molecule has 0 saturated heterocycles. The van der Waals surface area contributed by atoms with Crippen molar-refractivity contribution in [3.8, 4) is 0 Å². The molecule has 0 aromatic rings. The summed E-state index contributed by atoms with van der Waals surface area (Å²) in [7, 11) is -3.60. The van der Waals surface area contributed by atoms with Crippen LogP contribution in [0.15, 0.2) is 0 Å². The van der Waals surface area contributed by atoms with Crippen LogP contribution in [-0.4, -0.2) is 83.0 Å². The van der Waals surface area contributed by atoms with Gasteiger partial charge in [-0.15, -0.1) is 0 Å². The van der Waals surface area contributed by atoms with E-state index in [0.29, 0.717) is 26.2 Å². The first-order valence-electron chi connectivity index (χ1n) is 6.48. The van der Waals surface area contributed by atoms with Crippen LogP contribution >= 0.6 is 7.60 Å². The molecular weight excluding hydrogens is 273 g/mol. The highest BCUT2D eigenvalue weighted by molar-refractivity contribution is 7.53. The van der Waals surface area contributed by atoms with Gasteiger partial charge in [0, 0.05) is 0 Å². The van der Waals surface area contributed by atoms with Gasteiger partial charge in [0.25, 0.3) is 0 Å². The summed E-state index contributed by atoms with van der Waals surface area (Å²) in [5.41, 5.74) is -0.470. The maximum Gasteiger partial charge on any atom is 0.330 e. The van der Waals surface area contributed by atoms with Gasteiger partial charge in [0.05, 0.1) is 25.5 Å². The summed E-state index contributed by atoms with van der Waals surface area (Å²) in [5, 5.41) is 27.2. The molecule has 0 aromatic carbocycles. The van der Waals surface area contributed by atoms with Crippen LogP contribution in [-0.2, 0) is 9.09 Å². The molecule has 0 aliphatic carbocycles. The van der Waals surface area contributed by atoms with E-state index < -0.39 is 13.3 Å². The first-order valence-corrected chi connectivity index (χ1v) is 8.13. The number of rotatable bonds is 11. The average molecular weight is 300 g/mol. The minimum absolute atomic E-state index is 0.0476. The second-order valence-corrected chi connectivity index (χ2v) is 7.32. The van der Waals surface area contributed by atoms with Gasteiger partial charge in [-0.3, -0.25) is 4.57 Å². The second kappa shape index (κ2) is 9.02. The van der Waals surface area contributed by atoms with E-state index in [1.807, 2.05) is 0 Å².